The van der Waals surface area contributed by atoms with Gasteiger partial charge in [-0.1, -0.05) is 96.4 Å². The molecule has 314 valence electrons. The zero-order valence-corrected chi connectivity index (χ0v) is 35.5. The molecule has 0 spiro atoms. The molecule has 2 atom stereocenters. The van der Waals surface area contributed by atoms with E-state index in [1.165, 1.54) is 95.2 Å². The normalized spacial score (nSPS) is 13.1. The van der Waals surface area contributed by atoms with E-state index in [2.05, 4.69) is 34.4 Å². The number of anilines is 1. The van der Waals surface area contributed by atoms with Crippen LogP contribution in [0.4, 0.5) is 10.3 Å². The fourth-order valence-corrected chi connectivity index (χ4v) is 6.53. The number of aromatic nitrogens is 2. The van der Waals surface area contributed by atoms with Crippen molar-refractivity contribution in [1.29, 1.82) is 0 Å². The number of rotatable bonds is 28. The molecular formula is C43H68FN5O6S. The number of unbranched alkanes of at least 4 members (excludes halogenated alkanes) is 11. The van der Waals surface area contributed by atoms with Crippen molar-refractivity contribution in [3.8, 4) is 11.3 Å². The van der Waals surface area contributed by atoms with Crippen molar-refractivity contribution in [3.63, 3.8) is 0 Å². The van der Waals surface area contributed by atoms with Crippen molar-refractivity contribution >= 4 is 33.9 Å². The third kappa shape index (κ3) is 19.0. The smallest absolute Gasteiger partial charge is 0.239 e. The Balaban J connectivity index is 1.77. The first-order chi connectivity index (χ1) is 26.6. The number of aliphatic hydroxyl groups excluding tert-OH is 2. The highest BCUT2D eigenvalue weighted by Crippen LogP contribution is 2.32. The molecule has 3 N–H and O–H groups in total. The molecule has 56 heavy (non-hydrogen) atoms. The SMILES string of the molecule is CCCCCCCCC=CCCCCCCCC(=O)N(C)CCNC(=O)C[C@H](O)C[C@H](O)C=Cc1c(-c2ccc(F)cc2)nc(N(C)S(C)(=O)=O)nc1C(C)C. The average molecular weight is 802 g/mol. The van der Waals surface area contributed by atoms with E-state index in [9.17, 15) is 32.6 Å². The number of nitrogens with one attached hydrogen (secondary N) is 1. The van der Waals surface area contributed by atoms with E-state index in [0.29, 0.717) is 35.5 Å². The molecule has 0 saturated heterocycles. The minimum absolute atomic E-state index is 0.0393. The summed E-state index contributed by atoms with van der Waals surface area (Å²) in [5.41, 5.74) is 1.86. The molecule has 0 aliphatic rings. The summed E-state index contributed by atoms with van der Waals surface area (Å²) in [6.07, 6.45) is 22.2. The topological polar surface area (TPSA) is 153 Å². The van der Waals surface area contributed by atoms with Crippen LogP contribution in [0.5, 0.6) is 0 Å². The number of hydrogen-bond acceptors (Lipinski definition) is 8. The largest absolute Gasteiger partial charge is 0.392 e. The minimum Gasteiger partial charge on any atom is -0.392 e. The standard InChI is InChI=1S/C43H68FN5O6S/c1-7-8-9-10-11-12-13-14-15-16-17-18-19-20-21-22-40(53)48(4)30-29-45-39(52)32-37(51)31-36(50)27-28-38-41(33(2)3)46-43(49(5)56(6,54)55)47-42(38)34-23-25-35(44)26-24-34/h14-15,23-28,33,36-37,50-51H,7-13,16-22,29-32H2,1-6H3,(H,45,52)/t36-,37-/m1/s1. The van der Waals surface area contributed by atoms with Gasteiger partial charge in [-0.05, 0) is 62.3 Å². The first-order valence-corrected chi connectivity index (χ1v) is 22.3. The molecule has 0 aliphatic carbocycles. The molecule has 2 aromatic rings. The second-order valence-electron chi connectivity index (χ2n) is 15.1. The molecule has 0 unspecified atom stereocenters. The van der Waals surface area contributed by atoms with Gasteiger partial charge in [0.15, 0.2) is 0 Å². The summed E-state index contributed by atoms with van der Waals surface area (Å²) in [5.74, 6) is -1.04. The molecular weight excluding hydrogens is 734 g/mol. The van der Waals surface area contributed by atoms with E-state index in [4.69, 9.17) is 0 Å². The van der Waals surface area contributed by atoms with Gasteiger partial charge in [0.2, 0.25) is 27.8 Å². The second-order valence-corrected chi connectivity index (χ2v) is 17.1. The Kier molecular flexibility index (Phi) is 22.7. The van der Waals surface area contributed by atoms with Crippen LogP contribution in [0, 0.1) is 5.82 Å². The number of amides is 2. The number of carbonyl (C=O) groups is 2. The predicted molar refractivity (Wildman–Crippen MR) is 225 cm³/mol. The first-order valence-electron chi connectivity index (χ1n) is 20.5. The number of aliphatic hydroxyl groups is 2. The zero-order chi connectivity index (χ0) is 41.5. The summed E-state index contributed by atoms with van der Waals surface area (Å²) < 4.78 is 39.3. The van der Waals surface area contributed by atoms with Gasteiger partial charge in [0.05, 0.1) is 36.3 Å². The maximum absolute atomic E-state index is 13.8. The molecule has 0 saturated carbocycles. The van der Waals surface area contributed by atoms with Gasteiger partial charge >= 0.3 is 0 Å². The van der Waals surface area contributed by atoms with Gasteiger partial charge in [-0.2, -0.15) is 0 Å². The van der Waals surface area contributed by atoms with Crippen LogP contribution in [-0.2, 0) is 19.6 Å². The highest BCUT2D eigenvalue weighted by molar-refractivity contribution is 7.92. The van der Waals surface area contributed by atoms with Crippen molar-refractivity contribution < 1.29 is 32.6 Å². The molecule has 1 aromatic carbocycles. The van der Waals surface area contributed by atoms with Gasteiger partial charge in [-0.15, -0.1) is 0 Å². The minimum atomic E-state index is -3.68. The summed E-state index contributed by atoms with van der Waals surface area (Å²) in [4.78, 5) is 35.7. The summed E-state index contributed by atoms with van der Waals surface area (Å²) in [6, 6.07) is 5.59. The van der Waals surface area contributed by atoms with E-state index >= 15 is 0 Å². The van der Waals surface area contributed by atoms with Gasteiger partial charge < -0.3 is 20.4 Å². The quantitative estimate of drug-likeness (QED) is 0.0580. The highest BCUT2D eigenvalue weighted by atomic mass is 32.2. The van der Waals surface area contributed by atoms with Crippen LogP contribution in [0.2, 0.25) is 0 Å². The van der Waals surface area contributed by atoms with Crippen LogP contribution >= 0.6 is 0 Å². The van der Waals surface area contributed by atoms with E-state index in [1.807, 2.05) is 13.8 Å². The number of nitrogens with zero attached hydrogens (tertiary/aromatic N) is 4. The van der Waals surface area contributed by atoms with Crippen molar-refractivity contribution in [2.45, 2.75) is 142 Å². The first kappa shape index (κ1) is 48.5. The Morgan fingerprint density at radius 1 is 0.893 bits per heavy atom. The lowest BCUT2D eigenvalue weighted by Gasteiger charge is -2.20. The Morgan fingerprint density at radius 2 is 1.48 bits per heavy atom. The Bertz CT molecular complexity index is 1630. The van der Waals surface area contributed by atoms with Gasteiger partial charge in [0, 0.05) is 51.2 Å². The number of likely N-dealkylation sites (N-methyl/N-ethyl adjacent to an activating group) is 1. The van der Waals surface area contributed by atoms with Crippen LogP contribution in [0.3, 0.4) is 0 Å². The molecule has 0 aliphatic heterocycles. The third-order valence-electron chi connectivity index (χ3n) is 9.67. The molecule has 2 amide bonds. The predicted octanol–water partition coefficient (Wildman–Crippen LogP) is 7.93. The monoisotopic (exact) mass is 801 g/mol. The van der Waals surface area contributed by atoms with Crippen molar-refractivity contribution in [2.24, 2.45) is 0 Å². The van der Waals surface area contributed by atoms with Gasteiger partial charge in [-0.3, -0.25) is 9.59 Å². The number of halogens is 1. The van der Waals surface area contributed by atoms with Crippen LogP contribution < -0.4 is 9.62 Å². The van der Waals surface area contributed by atoms with Crippen molar-refractivity contribution in [1.82, 2.24) is 20.2 Å². The number of benzene rings is 1. The maximum atomic E-state index is 13.8. The second kappa shape index (κ2) is 26.3. The molecule has 2 rings (SSSR count). The summed E-state index contributed by atoms with van der Waals surface area (Å²) in [6.45, 7) is 6.61. The third-order valence-corrected chi connectivity index (χ3v) is 10.8. The van der Waals surface area contributed by atoms with Gasteiger partial charge in [-0.25, -0.2) is 27.1 Å². The lowest BCUT2D eigenvalue weighted by molar-refractivity contribution is -0.130. The van der Waals surface area contributed by atoms with Crippen molar-refractivity contribution in [2.75, 3.05) is 37.7 Å². The van der Waals surface area contributed by atoms with E-state index in [-0.39, 0.29) is 37.2 Å². The van der Waals surface area contributed by atoms with Crippen molar-refractivity contribution in [3.05, 3.63) is 59.6 Å². The summed E-state index contributed by atoms with van der Waals surface area (Å²) >= 11 is 0. The number of carbonyl (C=O) groups excluding carboxylic acids is 2. The average Bonchev–Trinajstić information content (AvgIpc) is 3.14. The lowest BCUT2D eigenvalue weighted by atomic mass is 9.97. The van der Waals surface area contributed by atoms with Crippen LogP contribution in [-0.4, -0.2) is 91.0 Å². The van der Waals surface area contributed by atoms with E-state index < -0.39 is 34.0 Å². The fourth-order valence-electron chi connectivity index (χ4n) is 6.16. The Morgan fingerprint density at radius 3 is 2.07 bits per heavy atom. The van der Waals surface area contributed by atoms with Crippen LogP contribution in [0.25, 0.3) is 17.3 Å². The highest BCUT2D eigenvalue weighted by Gasteiger charge is 2.23. The molecule has 11 nitrogen and oxygen atoms in total. The number of allylic oxidation sites excluding steroid dienone is 2. The Labute approximate surface area is 335 Å². The number of sulfonamides is 1. The molecule has 0 radical (unpaired) electrons. The van der Waals surface area contributed by atoms with Crippen LogP contribution in [0.15, 0.2) is 42.5 Å². The molecule has 0 fully saturated rings. The molecule has 13 heteroatoms. The zero-order valence-electron chi connectivity index (χ0n) is 34.7. The number of hydrogen-bond donors (Lipinski definition) is 3. The van der Waals surface area contributed by atoms with E-state index in [1.54, 1.807) is 18.0 Å². The van der Waals surface area contributed by atoms with Gasteiger partial charge in [0.1, 0.15) is 5.82 Å². The van der Waals surface area contributed by atoms with Gasteiger partial charge in [0.25, 0.3) is 0 Å². The summed E-state index contributed by atoms with van der Waals surface area (Å²) in [5, 5.41) is 24.1. The summed E-state index contributed by atoms with van der Waals surface area (Å²) in [7, 11) is -0.615. The van der Waals surface area contributed by atoms with Crippen LogP contribution in [0.1, 0.15) is 141 Å². The maximum Gasteiger partial charge on any atom is 0.239 e. The Hall–Kier alpha value is -3.68. The van der Waals surface area contributed by atoms with E-state index in [0.717, 1.165) is 36.2 Å². The molecule has 1 aromatic heterocycles. The fraction of sp³-hybridized carbons (Fsp3) is 0.628. The lowest BCUT2D eigenvalue weighted by Crippen LogP contribution is -2.37. The molecule has 0 bridgehead atoms. The molecule has 1 heterocycles.